The summed E-state index contributed by atoms with van der Waals surface area (Å²) in [4.78, 5) is 8.14. The summed E-state index contributed by atoms with van der Waals surface area (Å²) in [5.74, 6) is 0. The molecule has 0 saturated heterocycles. The van der Waals surface area contributed by atoms with Crippen LogP contribution in [-0.2, 0) is 0 Å². The second-order valence-electron chi connectivity index (χ2n) is 2.30. The van der Waals surface area contributed by atoms with Gasteiger partial charge in [-0.1, -0.05) is 11.6 Å². The van der Waals surface area contributed by atoms with Crippen molar-refractivity contribution in [2.75, 3.05) is 0 Å². The van der Waals surface area contributed by atoms with Crippen LogP contribution in [0.4, 0.5) is 0 Å². The molecule has 12 heavy (non-hydrogen) atoms. The topological polar surface area (TPSA) is 25.8 Å². The van der Waals surface area contributed by atoms with Crippen molar-refractivity contribution in [2.24, 2.45) is 0 Å². The van der Waals surface area contributed by atoms with Gasteiger partial charge in [0.1, 0.15) is 5.15 Å². The van der Waals surface area contributed by atoms with E-state index in [9.17, 15) is 0 Å². The molecule has 2 rings (SSSR count). The van der Waals surface area contributed by atoms with Gasteiger partial charge in [0, 0.05) is 16.1 Å². The average Bonchev–Trinajstić information content (AvgIpc) is 2.04. The molecule has 0 aliphatic heterocycles. The SMILES string of the molecule is Clc1cc(Br)c2cccnc2n1. The van der Waals surface area contributed by atoms with E-state index in [2.05, 4.69) is 25.9 Å². The van der Waals surface area contributed by atoms with E-state index < -0.39 is 0 Å². The molecule has 0 unspecified atom stereocenters. The van der Waals surface area contributed by atoms with Crippen LogP contribution in [0.5, 0.6) is 0 Å². The molecule has 0 saturated carbocycles. The second kappa shape index (κ2) is 2.99. The van der Waals surface area contributed by atoms with Crippen LogP contribution in [0.15, 0.2) is 28.9 Å². The molecule has 0 atom stereocenters. The van der Waals surface area contributed by atoms with Crippen LogP contribution < -0.4 is 0 Å². The smallest absolute Gasteiger partial charge is 0.161 e. The van der Waals surface area contributed by atoms with Gasteiger partial charge in [-0.3, -0.25) is 0 Å². The zero-order valence-corrected chi connectivity index (χ0v) is 8.30. The lowest BCUT2D eigenvalue weighted by Crippen LogP contribution is -1.84. The molecule has 0 fully saturated rings. The van der Waals surface area contributed by atoms with Gasteiger partial charge >= 0.3 is 0 Å². The number of fused-ring (bicyclic) bond motifs is 1. The molecule has 0 aromatic carbocycles. The monoisotopic (exact) mass is 242 g/mol. The number of hydrogen-bond donors (Lipinski definition) is 0. The van der Waals surface area contributed by atoms with Gasteiger partial charge in [0.05, 0.1) is 0 Å². The molecule has 0 aliphatic rings. The van der Waals surface area contributed by atoms with E-state index in [4.69, 9.17) is 11.6 Å². The molecule has 0 N–H and O–H groups in total. The highest BCUT2D eigenvalue weighted by Gasteiger charge is 2.01. The van der Waals surface area contributed by atoms with E-state index in [-0.39, 0.29) is 0 Å². The molecule has 2 nitrogen and oxygen atoms in total. The van der Waals surface area contributed by atoms with Crippen molar-refractivity contribution in [1.29, 1.82) is 0 Å². The Morgan fingerprint density at radius 1 is 1.42 bits per heavy atom. The Hall–Kier alpha value is -0.670. The predicted octanol–water partition coefficient (Wildman–Crippen LogP) is 3.05. The van der Waals surface area contributed by atoms with Gasteiger partial charge in [0.25, 0.3) is 0 Å². The van der Waals surface area contributed by atoms with E-state index >= 15 is 0 Å². The largest absolute Gasteiger partial charge is 0.237 e. The molecule has 0 amide bonds. The first kappa shape index (κ1) is 7.95. The number of rotatable bonds is 0. The summed E-state index contributed by atoms with van der Waals surface area (Å²) in [7, 11) is 0. The van der Waals surface area contributed by atoms with Gasteiger partial charge in [-0.25, -0.2) is 9.97 Å². The fraction of sp³-hybridized carbons (Fsp3) is 0. The maximum atomic E-state index is 5.74. The first-order valence-corrected chi connectivity index (χ1v) is 4.51. The first-order chi connectivity index (χ1) is 5.77. The molecule has 2 aromatic rings. The number of pyridine rings is 2. The molecule has 60 valence electrons. The van der Waals surface area contributed by atoms with E-state index in [1.165, 1.54) is 0 Å². The van der Waals surface area contributed by atoms with Crippen molar-refractivity contribution in [3.63, 3.8) is 0 Å². The highest BCUT2D eigenvalue weighted by atomic mass is 79.9. The summed E-state index contributed by atoms with van der Waals surface area (Å²) < 4.78 is 0.922. The lowest BCUT2D eigenvalue weighted by atomic mass is 10.3. The molecule has 4 heteroatoms. The minimum atomic E-state index is 0.452. The summed E-state index contributed by atoms with van der Waals surface area (Å²) in [5.41, 5.74) is 0.664. The number of halogens is 2. The van der Waals surface area contributed by atoms with Gasteiger partial charge in [0.2, 0.25) is 0 Å². The molecular formula is C8H4BrClN2. The quantitative estimate of drug-likeness (QED) is 0.665. The summed E-state index contributed by atoms with van der Waals surface area (Å²) in [6, 6.07) is 5.56. The van der Waals surface area contributed by atoms with Crippen LogP contribution in [0.2, 0.25) is 5.15 Å². The third-order valence-corrected chi connectivity index (χ3v) is 2.35. The highest BCUT2D eigenvalue weighted by molar-refractivity contribution is 9.10. The second-order valence-corrected chi connectivity index (χ2v) is 3.54. The average molecular weight is 243 g/mol. The summed E-state index contributed by atoms with van der Waals surface area (Å²) in [6.07, 6.45) is 1.69. The van der Waals surface area contributed by atoms with Crippen molar-refractivity contribution in [1.82, 2.24) is 9.97 Å². The van der Waals surface area contributed by atoms with E-state index in [1.54, 1.807) is 12.3 Å². The number of aromatic nitrogens is 2. The minimum Gasteiger partial charge on any atom is -0.237 e. The normalized spacial score (nSPS) is 10.5. The highest BCUT2D eigenvalue weighted by Crippen LogP contribution is 2.23. The molecular weight excluding hydrogens is 239 g/mol. The van der Waals surface area contributed by atoms with Crippen LogP contribution in [0.25, 0.3) is 11.0 Å². The van der Waals surface area contributed by atoms with Crippen LogP contribution in [0, 0.1) is 0 Å². The Morgan fingerprint density at radius 3 is 3.08 bits per heavy atom. The van der Waals surface area contributed by atoms with Crippen LogP contribution in [0.1, 0.15) is 0 Å². The Kier molecular flexibility index (Phi) is 1.98. The number of hydrogen-bond acceptors (Lipinski definition) is 2. The molecule has 0 bridgehead atoms. The first-order valence-electron chi connectivity index (χ1n) is 3.34. The van der Waals surface area contributed by atoms with E-state index in [1.807, 2.05) is 12.1 Å². The maximum absolute atomic E-state index is 5.74. The van der Waals surface area contributed by atoms with Crippen molar-refractivity contribution in [2.45, 2.75) is 0 Å². The Morgan fingerprint density at radius 2 is 2.25 bits per heavy atom. The van der Waals surface area contributed by atoms with Crippen LogP contribution >= 0.6 is 27.5 Å². The molecule has 2 heterocycles. The third kappa shape index (κ3) is 1.30. The van der Waals surface area contributed by atoms with Gasteiger partial charge in [-0.05, 0) is 34.1 Å². The van der Waals surface area contributed by atoms with Gasteiger partial charge in [-0.2, -0.15) is 0 Å². The molecule has 0 spiro atoms. The summed E-state index contributed by atoms with van der Waals surface area (Å²) in [5, 5.41) is 1.43. The summed E-state index contributed by atoms with van der Waals surface area (Å²) in [6.45, 7) is 0. The van der Waals surface area contributed by atoms with Crippen LogP contribution in [0.3, 0.4) is 0 Å². The zero-order chi connectivity index (χ0) is 8.55. The van der Waals surface area contributed by atoms with Crippen molar-refractivity contribution in [3.8, 4) is 0 Å². The third-order valence-electron chi connectivity index (χ3n) is 1.50. The Balaban J connectivity index is 2.89. The Bertz CT molecular complexity index is 430. The number of nitrogens with zero attached hydrogens (tertiary/aromatic N) is 2. The standard InChI is InChI=1S/C8H4BrClN2/c9-6-4-7(10)12-8-5(6)2-1-3-11-8/h1-4H. The fourth-order valence-corrected chi connectivity index (χ4v) is 1.84. The molecule has 0 radical (unpaired) electrons. The van der Waals surface area contributed by atoms with Crippen molar-refractivity contribution >= 4 is 38.6 Å². The van der Waals surface area contributed by atoms with Gasteiger partial charge in [-0.15, -0.1) is 0 Å². The van der Waals surface area contributed by atoms with Gasteiger partial charge in [0.15, 0.2) is 5.65 Å². The van der Waals surface area contributed by atoms with Gasteiger partial charge < -0.3 is 0 Å². The van der Waals surface area contributed by atoms with E-state index in [0.29, 0.717) is 10.8 Å². The minimum absolute atomic E-state index is 0.452. The molecule has 0 aliphatic carbocycles. The lowest BCUT2D eigenvalue weighted by molar-refractivity contribution is 1.28. The lowest BCUT2D eigenvalue weighted by Gasteiger charge is -1.98. The van der Waals surface area contributed by atoms with Crippen molar-refractivity contribution in [3.05, 3.63) is 34.0 Å². The van der Waals surface area contributed by atoms with Crippen molar-refractivity contribution < 1.29 is 0 Å². The van der Waals surface area contributed by atoms with E-state index in [0.717, 1.165) is 9.86 Å². The summed E-state index contributed by atoms with van der Waals surface area (Å²) >= 11 is 9.13. The maximum Gasteiger partial charge on any atom is 0.161 e. The zero-order valence-electron chi connectivity index (χ0n) is 5.96. The fourth-order valence-electron chi connectivity index (χ4n) is 0.988. The molecule has 2 aromatic heterocycles. The Labute approximate surface area is 82.7 Å². The van der Waals surface area contributed by atoms with Crippen LogP contribution in [-0.4, -0.2) is 9.97 Å². The predicted molar refractivity (Wildman–Crippen MR) is 52.2 cm³/mol.